The van der Waals surface area contributed by atoms with Crippen molar-refractivity contribution in [2.75, 3.05) is 34.4 Å². The lowest BCUT2D eigenvalue weighted by Gasteiger charge is -2.17. The second-order valence-corrected chi connectivity index (χ2v) is 7.17. The van der Waals surface area contributed by atoms with Crippen LogP contribution >= 0.6 is 0 Å². The number of benzene rings is 3. The topological polar surface area (TPSA) is 41.9 Å². The van der Waals surface area contributed by atoms with Crippen LogP contribution in [0, 0.1) is 0 Å². The van der Waals surface area contributed by atoms with E-state index in [4.69, 9.17) is 9.47 Å². The number of nitrogens with zero attached hydrogens (tertiary/aromatic N) is 1. The van der Waals surface area contributed by atoms with Gasteiger partial charge in [-0.2, -0.15) is 0 Å². The number of aryl methyl sites for hydroxylation is 1. The Labute approximate surface area is 167 Å². The lowest BCUT2D eigenvalue weighted by molar-refractivity contribution is 0.332. The molecule has 0 unspecified atom stereocenters. The SMILES string of the molecule is COc1ccc(CCN(C)CCCc2cccc3cc(O)ccc23)cc1OC. The average molecular weight is 380 g/mol. The molecule has 0 saturated carbocycles. The Hall–Kier alpha value is -2.72. The molecule has 3 aromatic rings. The Morgan fingerprint density at radius 2 is 1.68 bits per heavy atom. The molecule has 0 saturated heterocycles. The lowest BCUT2D eigenvalue weighted by Crippen LogP contribution is -2.22. The molecule has 0 spiro atoms. The monoisotopic (exact) mass is 379 g/mol. The van der Waals surface area contributed by atoms with E-state index in [2.05, 4.69) is 36.2 Å². The van der Waals surface area contributed by atoms with E-state index in [9.17, 15) is 5.11 Å². The van der Waals surface area contributed by atoms with Crippen molar-refractivity contribution >= 4 is 10.8 Å². The van der Waals surface area contributed by atoms with Crippen molar-refractivity contribution < 1.29 is 14.6 Å². The molecule has 4 nitrogen and oxygen atoms in total. The van der Waals surface area contributed by atoms with Gasteiger partial charge in [0.25, 0.3) is 0 Å². The fourth-order valence-corrected chi connectivity index (χ4v) is 3.56. The molecule has 0 aliphatic heterocycles. The Balaban J connectivity index is 1.51. The number of methoxy groups -OCH3 is 2. The molecule has 148 valence electrons. The van der Waals surface area contributed by atoms with Gasteiger partial charge in [0, 0.05) is 6.54 Å². The molecule has 0 aromatic heterocycles. The van der Waals surface area contributed by atoms with E-state index in [0.717, 1.165) is 49.2 Å². The van der Waals surface area contributed by atoms with E-state index in [0.29, 0.717) is 5.75 Å². The molecule has 0 fully saturated rings. The zero-order valence-electron chi connectivity index (χ0n) is 16.9. The van der Waals surface area contributed by atoms with Crippen molar-refractivity contribution in [1.29, 1.82) is 0 Å². The van der Waals surface area contributed by atoms with Crippen molar-refractivity contribution in [3.63, 3.8) is 0 Å². The van der Waals surface area contributed by atoms with Gasteiger partial charge in [-0.3, -0.25) is 0 Å². The largest absolute Gasteiger partial charge is 0.508 e. The molecular weight excluding hydrogens is 350 g/mol. The van der Waals surface area contributed by atoms with Gasteiger partial charge >= 0.3 is 0 Å². The highest BCUT2D eigenvalue weighted by atomic mass is 16.5. The van der Waals surface area contributed by atoms with Gasteiger partial charge in [-0.05, 0) is 79.0 Å². The van der Waals surface area contributed by atoms with Crippen LogP contribution in [0.1, 0.15) is 17.5 Å². The quantitative estimate of drug-likeness (QED) is 0.587. The molecule has 0 aliphatic carbocycles. The number of fused-ring (bicyclic) bond motifs is 1. The Morgan fingerprint density at radius 1 is 0.857 bits per heavy atom. The normalized spacial score (nSPS) is 11.1. The number of aromatic hydroxyl groups is 1. The van der Waals surface area contributed by atoms with Crippen LogP contribution in [0.15, 0.2) is 54.6 Å². The first-order valence-electron chi connectivity index (χ1n) is 9.71. The Kier molecular flexibility index (Phi) is 6.77. The highest BCUT2D eigenvalue weighted by Gasteiger charge is 2.07. The highest BCUT2D eigenvalue weighted by Crippen LogP contribution is 2.28. The number of hydrogen-bond acceptors (Lipinski definition) is 4. The molecule has 4 heteroatoms. The summed E-state index contributed by atoms with van der Waals surface area (Å²) in [6, 6.07) is 18.0. The van der Waals surface area contributed by atoms with Crippen LogP contribution in [-0.4, -0.2) is 44.4 Å². The third-order valence-electron chi connectivity index (χ3n) is 5.17. The number of phenols is 1. The van der Waals surface area contributed by atoms with Crippen LogP contribution in [0.2, 0.25) is 0 Å². The summed E-state index contributed by atoms with van der Waals surface area (Å²) in [5.41, 5.74) is 2.59. The fourth-order valence-electron chi connectivity index (χ4n) is 3.56. The average Bonchev–Trinajstić information content (AvgIpc) is 2.71. The van der Waals surface area contributed by atoms with Gasteiger partial charge in [-0.15, -0.1) is 0 Å². The molecule has 3 rings (SSSR count). The van der Waals surface area contributed by atoms with Gasteiger partial charge in [0.05, 0.1) is 14.2 Å². The molecular formula is C24H29NO3. The van der Waals surface area contributed by atoms with Gasteiger partial charge in [0.1, 0.15) is 5.75 Å². The fraction of sp³-hybridized carbons (Fsp3) is 0.333. The Morgan fingerprint density at radius 3 is 2.46 bits per heavy atom. The van der Waals surface area contributed by atoms with Crippen LogP contribution in [0.3, 0.4) is 0 Å². The van der Waals surface area contributed by atoms with Gasteiger partial charge in [-0.25, -0.2) is 0 Å². The smallest absolute Gasteiger partial charge is 0.160 e. The predicted molar refractivity (Wildman–Crippen MR) is 115 cm³/mol. The molecule has 0 aliphatic rings. The van der Waals surface area contributed by atoms with E-state index in [1.54, 1.807) is 20.3 Å². The summed E-state index contributed by atoms with van der Waals surface area (Å²) in [6.07, 6.45) is 3.11. The van der Waals surface area contributed by atoms with Crippen LogP contribution in [0.5, 0.6) is 17.2 Å². The van der Waals surface area contributed by atoms with Crippen LogP contribution in [0.25, 0.3) is 10.8 Å². The van der Waals surface area contributed by atoms with E-state index >= 15 is 0 Å². The second-order valence-electron chi connectivity index (χ2n) is 7.17. The summed E-state index contributed by atoms with van der Waals surface area (Å²) in [5.74, 6) is 1.87. The van der Waals surface area contributed by atoms with Crippen molar-refractivity contribution in [2.45, 2.75) is 19.3 Å². The third kappa shape index (κ3) is 4.96. The molecule has 3 aromatic carbocycles. The molecule has 0 bridgehead atoms. The number of likely N-dealkylation sites (N-methyl/N-ethyl adjacent to an activating group) is 1. The first-order chi connectivity index (χ1) is 13.6. The van der Waals surface area contributed by atoms with Gasteiger partial charge < -0.3 is 19.5 Å². The summed E-state index contributed by atoms with van der Waals surface area (Å²) >= 11 is 0. The van der Waals surface area contributed by atoms with Crippen molar-refractivity contribution in [3.8, 4) is 17.2 Å². The zero-order valence-corrected chi connectivity index (χ0v) is 16.9. The van der Waals surface area contributed by atoms with E-state index in [-0.39, 0.29) is 0 Å². The Bertz CT molecular complexity index is 923. The zero-order chi connectivity index (χ0) is 19.9. The minimum Gasteiger partial charge on any atom is -0.508 e. The first-order valence-corrected chi connectivity index (χ1v) is 9.71. The van der Waals surface area contributed by atoms with Crippen LogP contribution < -0.4 is 9.47 Å². The summed E-state index contributed by atoms with van der Waals surface area (Å²) in [4.78, 5) is 2.37. The molecule has 0 radical (unpaired) electrons. The van der Waals surface area contributed by atoms with Crippen molar-refractivity contribution in [1.82, 2.24) is 4.90 Å². The number of hydrogen-bond donors (Lipinski definition) is 1. The van der Waals surface area contributed by atoms with Crippen LogP contribution in [0.4, 0.5) is 0 Å². The van der Waals surface area contributed by atoms with E-state index in [1.165, 1.54) is 16.5 Å². The van der Waals surface area contributed by atoms with Gasteiger partial charge in [0.2, 0.25) is 0 Å². The minimum absolute atomic E-state index is 0.319. The maximum Gasteiger partial charge on any atom is 0.160 e. The molecule has 1 N–H and O–H groups in total. The maximum atomic E-state index is 9.66. The van der Waals surface area contributed by atoms with Gasteiger partial charge in [0.15, 0.2) is 11.5 Å². The van der Waals surface area contributed by atoms with Gasteiger partial charge in [-0.1, -0.05) is 30.3 Å². The summed E-state index contributed by atoms with van der Waals surface area (Å²) in [6.45, 7) is 2.04. The molecule has 0 amide bonds. The van der Waals surface area contributed by atoms with E-state index in [1.807, 2.05) is 24.3 Å². The minimum atomic E-state index is 0.319. The molecule has 0 atom stereocenters. The van der Waals surface area contributed by atoms with Crippen molar-refractivity contribution in [3.05, 3.63) is 65.7 Å². The first kappa shape index (κ1) is 20.0. The number of phenolic OH excluding ortho intramolecular Hbond substituents is 1. The summed E-state index contributed by atoms with van der Waals surface area (Å²) in [5, 5.41) is 12.0. The van der Waals surface area contributed by atoms with Crippen LogP contribution in [-0.2, 0) is 12.8 Å². The third-order valence-corrected chi connectivity index (χ3v) is 5.17. The summed E-state index contributed by atoms with van der Waals surface area (Å²) < 4.78 is 10.7. The number of ether oxygens (including phenoxy) is 2. The standard InChI is InChI=1S/C24H29NO3/c1-25(15-13-18-9-12-23(27-2)24(16-18)28-3)14-5-8-19-6-4-7-20-17-21(26)10-11-22(19)20/h4,6-7,9-12,16-17,26H,5,8,13-15H2,1-3H3. The summed E-state index contributed by atoms with van der Waals surface area (Å²) in [7, 11) is 5.49. The second kappa shape index (κ2) is 9.47. The number of rotatable bonds is 9. The molecule has 0 heterocycles. The predicted octanol–water partition coefficient (Wildman–Crippen LogP) is 4.67. The highest BCUT2D eigenvalue weighted by molar-refractivity contribution is 5.86. The maximum absolute atomic E-state index is 9.66. The van der Waals surface area contributed by atoms with E-state index < -0.39 is 0 Å². The van der Waals surface area contributed by atoms with Crippen molar-refractivity contribution in [2.24, 2.45) is 0 Å². The lowest BCUT2D eigenvalue weighted by atomic mass is 10.0. The molecule has 28 heavy (non-hydrogen) atoms.